The maximum Gasteiger partial charge on any atom is 0.332 e. The molecule has 0 spiro atoms. The standard InChI is InChI=1S/C16H21N3O5S/c1-23-7-5-18-15(21)14-12(4-8-25-14)19(16(18)22)10-13(20)17-9-11-3-2-6-24-11/h4,8,11H,2-3,5-7,9-10H2,1H3,(H,17,20)/t11-/m1/s1. The van der Waals surface area contributed by atoms with Crippen molar-refractivity contribution in [1.29, 1.82) is 0 Å². The molecule has 0 saturated carbocycles. The van der Waals surface area contributed by atoms with E-state index in [9.17, 15) is 14.4 Å². The monoisotopic (exact) mass is 367 g/mol. The maximum atomic E-state index is 12.7. The van der Waals surface area contributed by atoms with Gasteiger partial charge in [0.05, 0.1) is 24.8 Å². The number of hydrogen-bond acceptors (Lipinski definition) is 6. The predicted octanol–water partition coefficient (Wildman–Crippen LogP) is 0.166. The summed E-state index contributed by atoms with van der Waals surface area (Å²) in [6.45, 7) is 1.42. The van der Waals surface area contributed by atoms with Crippen LogP contribution in [0.25, 0.3) is 10.2 Å². The summed E-state index contributed by atoms with van der Waals surface area (Å²) in [6.07, 6.45) is 1.97. The number of methoxy groups -OCH3 is 1. The summed E-state index contributed by atoms with van der Waals surface area (Å²) >= 11 is 1.26. The van der Waals surface area contributed by atoms with E-state index in [0.29, 0.717) is 16.8 Å². The molecule has 1 fully saturated rings. The zero-order valence-corrected chi connectivity index (χ0v) is 14.8. The van der Waals surface area contributed by atoms with Crippen molar-refractivity contribution >= 4 is 27.5 Å². The van der Waals surface area contributed by atoms with Gasteiger partial charge in [0, 0.05) is 20.3 Å². The molecular formula is C16H21N3O5S. The fourth-order valence-corrected chi connectivity index (χ4v) is 3.74. The molecule has 2 aromatic rings. The van der Waals surface area contributed by atoms with E-state index in [2.05, 4.69) is 5.32 Å². The Bertz CT molecular complexity index is 863. The van der Waals surface area contributed by atoms with E-state index >= 15 is 0 Å². The summed E-state index contributed by atoms with van der Waals surface area (Å²) in [4.78, 5) is 37.4. The minimum absolute atomic E-state index is 0.0393. The number of ether oxygens (including phenoxy) is 2. The highest BCUT2D eigenvalue weighted by Crippen LogP contribution is 2.15. The van der Waals surface area contributed by atoms with Gasteiger partial charge >= 0.3 is 5.69 Å². The Labute approximate surface area is 148 Å². The van der Waals surface area contributed by atoms with E-state index in [4.69, 9.17) is 9.47 Å². The van der Waals surface area contributed by atoms with Gasteiger partial charge in [0.15, 0.2) is 0 Å². The SMILES string of the molecule is COCCn1c(=O)c2sccc2n(CC(=O)NC[C@H]2CCCO2)c1=O. The molecule has 1 aliphatic heterocycles. The van der Waals surface area contributed by atoms with Crippen molar-refractivity contribution in [3.63, 3.8) is 0 Å². The van der Waals surface area contributed by atoms with Gasteiger partial charge in [-0.15, -0.1) is 11.3 Å². The van der Waals surface area contributed by atoms with Crippen molar-refractivity contribution in [2.24, 2.45) is 0 Å². The Balaban J connectivity index is 1.84. The number of fused-ring (bicyclic) bond motifs is 1. The Morgan fingerprint density at radius 2 is 2.28 bits per heavy atom. The van der Waals surface area contributed by atoms with Crippen LogP contribution in [-0.2, 0) is 27.4 Å². The first kappa shape index (κ1) is 17.8. The van der Waals surface area contributed by atoms with Crippen molar-refractivity contribution in [2.45, 2.75) is 32.0 Å². The number of amides is 1. The fraction of sp³-hybridized carbons (Fsp3) is 0.562. The number of carbonyl (C=O) groups excluding carboxylic acids is 1. The number of carbonyl (C=O) groups is 1. The van der Waals surface area contributed by atoms with Crippen molar-refractivity contribution in [2.75, 3.05) is 26.9 Å². The van der Waals surface area contributed by atoms with Gasteiger partial charge in [-0.25, -0.2) is 4.79 Å². The van der Waals surface area contributed by atoms with Gasteiger partial charge in [-0.2, -0.15) is 0 Å². The molecule has 136 valence electrons. The molecule has 3 rings (SSSR count). The van der Waals surface area contributed by atoms with Crippen LogP contribution in [0.5, 0.6) is 0 Å². The average Bonchev–Trinajstić information content (AvgIpc) is 3.28. The smallest absolute Gasteiger partial charge is 0.332 e. The van der Waals surface area contributed by atoms with Crippen LogP contribution >= 0.6 is 11.3 Å². The van der Waals surface area contributed by atoms with E-state index < -0.39 is 5.69 Å². The molecule has 1 aliphatic rings. The summed E-state index contributed by atoms with van der Waals surface area (Å²) in [5, 5.41) is 4.55. The Morgan fingerprint density at radius 3 is 3.00 bits per heavy atom. The van der Waals surface area contributed by atoms with Gasteiger partial charge in [0.2, 0.25) is 5.91 Å². The third-order valence-corrected chi connectivity index (χ3v) is 5.10. The van der Waals surface area contributed by atoms with Gasteiger partial charge < -0.3 is 14.8 Å². The zero-order valence-electron chi connectivity index (χ0n) is 14.0. The van der Waals surface area contributed by atoms with Crippen molar-refractivity contribution in [3.8, 4) is 0 Å². The second kappa shape index (κ2) is 7.94. The molecule has 1 N–H and O–H groups in total. The van der Waals surface area contributed by atoms with E-state index in [-0.39, 0.29) is 37.3 Å². The van der Waals surface area contributed by atoms with Gasteiger partial charge in [-0.3, -0.25) is 18.7 Å². The first-order chi connectivity index (χ1) is 12.1. The molecule has 9 heteroatoms. The van der Waals surface area contributed by atoms with Crippen LogP contribution in [0.15, 0.2) is 21.0 Å². The summed E-state index contributed by atoms with van der Waals surface area (Å²) < 4.78 is 13.4. The molecule has 2 aromatic heterocycles. The van der Waals surface area contributed by atoms with Crippen LogP contribution in [0.4, 0.5) is 0 Å². The van der Waals surface area contributed by atoms with Gasteiger partial charge in [-0.1, -0.05) is 0 Å². The zero-order chi connectivity index (χ0) is 17.8. The Hall–Kier alpha value is -1.97. The number of rotatable bonds is 7. The Kier molecular flexibility index (Phi) is 5.67. The summed E-state index contributed by atoms with van der Waals surface area (Å²) in [5.74, 6) is -0.276. The molecule has 0 radical (unpaired) electrons. The molecule has 0 aliphatic carbocycles. The second-order valence-corrected chi connectivity index (χ2v) is 6.81. The first-order valence-corrected chi connectivity index (χ1v) is 9.08. The van der Waals surface area contributed by atoms with Crippen LogP contribution < -0.4 is 16.6 Å². The molecule has 3 heterocycles. The quantitative estimate of drug-likeness (QED) is 0.753. The lowest BCUT2D eigenvalue weighted by Gasteiger charge is -2.14. The largest absolute Gasteiger partial charge is 0.383 e. The van der Waals surface area contributed by atoms with E-state index in [1.807, 2.05) is 0 Å². The second-order valence-electron chi connectivity index (χ2n) is 5.89. The van der Waals surface area contributed by atoms with Crippen LogP contribution in [0.1, 0.15) is 12.8 Å². The molecule has 1 saturated heterocycles. The number of nitrogens with one attached hydrogen (secondary N) is 1. The van der Waals surface area contributed by atoms with Crippen LogP contribution in [0, 0.1) is 0 Å². The van der Waals surface area contributed by atoms with E-state index in [1.54, 1.807) is 11.4 Å². The minimum Gasteiger partial charge on any atom is -0.383 e. The Morgan fingerprint density at radius 1 is 1.44 bits per heavy atom. The highest BCUT2D eigenvalue weighted by Gasteiger charge is 2.19. The molecule has 0 bridgehead atoms. The highest BCUT2D eigenvalue weighted by molar-refractivity contribution is 7.17. The minimum atomic E-state index is -0.500. The van der Waals surface area contributed by atoms with Crippen molar-refractivity contribution in [3.05, 3.63) is 32.3 Å². The number of aromatic nitrogens is 2. The molecule has 1 amide bonds. The van der Waals surface area contributed by atoms with E-state index in [1.165, 1.54) is 23.0 Å². The molecule has 0 unspecified atom stereocenters. The van der Waals surface area contributed by atoms with Crippen LogP contribution in [0.3, 0.4) is 0 Å². The summed E-state index contributed by atoms with van der Waals surface area (Å²) in [5.41, 5.74) is -0.357. The third kappa shape index (κ3) is 3.83. The first-order valence-electron chi connectivity index (χ1n) is 8.20. The molecule has 1 atom stereocenters. The summed E-state index contributed by atoms with van der Waals surface area (Å²) in [6, 6.07) is 1.69. The normalized spacial score (nSPS) is 17.2. The number of thiophene rings is 1. The van der Waals surface area contributed by atoms with Gasteiger partial charge in [-0.05, 0) is 24.3 Å². The topological polar surface area (TPSA) is 91.6 Å². The van der Waals surface area contributed by atoms with Crippen LogP contribution in [0.2, 0.25) is 0 Å². The molecule has 0 aromatic carbocycles. The van der Waals surface area contributed by atoms with Crippen molar-refractivity contribution in [1.82, 2.24) is 14.5 Å². The lowest BCUT2D eigenvalue weighted by atomic mass is 10.2. The average molecular weight is 367 g/mol. The van der Waals surface area contributed by atoms with Crippen molar-refractivity contribution < 1.29 is 14.3 Å². The summed E-state index contributed by atoms with van der Waals surface area (Å²) in [7, 11) is 1.51. The van der Waals surface area contributed by atoms with Gasteiger partial charge in [0.25, 0.3) is 5.56 Å². The number of nitrogens with zero attached hydrogens (tertiary/aromatic N) is 2. The lowest BCUT2D eigenvalue weighted by Crippen LogP contribution is -2.43. The highest BCUT2D eigenvalue weighted by atomic mass is 32.1. The van der Waals surface area contributed by atoms with Crippen LogP contribution in [-0.4, -0.2) is 48.0 Å². The van der Waals surface area contributed by atoms with E-state index in [0.717, 1.165) is 24.0 Å². The van der Waals surface area contributed by atoms with Gasteiger partial charge in [0.1, 0.15) is 11.2 Å². The molecule has 25 heavy (non-hydrogen) atoms. The predicted molar refractivity (Wildman–Crippen MR) is 94.2 cm³/mol. The lowest BCUT2D eigenvalue weighted by molar-refractivity contribution is -0.122. The maximum absolute atomic E-state index is 12.7. The molecule has 8 nitrogen and oxygen atoms in total. The number of hydrogen-bond donors (Lipinski definition) is 1. The molecular weight excluding hydrogens is 346 g/mol. The third-order valence-electron chi connectivity index (χ3n) is 4.21. The fourth-order valence-electron chi connectivity index (χ4n) is 2.90.